The first-order chi connectivity index (χ1) is 9.81. The fourth-order valence-electron chi connectivity index (χ4n) is 1.92. The van der Waals surface area contributed by atoms with Gasteiger partial charge in [-0.15, -0.1) is 12.4 Å². The number of rotatable bonds is 6. The summed E-state index contributed by atoms with van der Waals surface area (Å²) in [7, 11) is 1.63. The highest BCUT2D eigenvalue weighted by Gasteiger charge is 2.14. The van der Waals surface area contributed by atoms with E-state index in [1.165, 1.54) is 4.90 Å². The predicted octanol–water partition coefficient (Wildman–Crippen LogP) is 2.25. The Balaban J connectivity index is 0.00000441. The van der Waals surface area contributed by atoms with Gasteiger partial charge < -0.3 is 16.0 Å². The smallest absolute Gasteiger partial charge is 0.243 e. The largest absolute Gasteiger partial charge is 0.336 e. The van der Waals surface area contributed by atoms with Gasteiger partial charge in [0.2, 0.25) is 11.8 Å². The van der Waals surface area contributed by atoms with Crippen molar-refractivity contribution in [1.29, 1.82) is 0 Å². The molecule has 5 nitrogen and oxygen atoms in total. The lowest BCUT2D eigenvalue weighted by atomic mass is 10.1. The molecule has 0 radical (unpaired) electrons. The average Bonchev–Trinajstić information content (AvgIpc) is 2.41. The molecular weight excluding hydrogens is 302 g/mol. The molecule has 124 valence electrons. The van der Waals surface area contributed by atoms with E-state index in [4.69, 9.17) is 5.73 Å². The summed E-state index contributed by atoms with van der Waals surface area (Å²) in [6.45, 7) is 5.86. The molecule has 3 N–H and O–H groups in total. The molecule has 0 heterocycles. The molecule has 0 aliphatic heterocycles. The molecule has 1 aromatic rings. The Morgan fingerprint density at radius 3 is 2.55 bits per heavy atom. The number of hydrogen-bond donors (Lipinski definition) is 2. The van der Waals surface area contributed by atoms with Crippen LogP contribution in [0.25, 0.3) is 0 Å². The Hall–Kier alpha value is -1.59. The molecule has 0 fully saturated rings. The van der Waals surface area contributed by atoms with Crippen molar-refractivity contribution in [3.63, 3.8) is 0 Å². The monoisotopic (exact) mass is 327 g/mol. The van der Waals surface area contributed by atoms with Crippen LogP contribution < -0.4 is 11.1 Å². The van der Waals surface area contributed by atoms with Crippen molar-refractivity contribution < 1.29 is 9.59 Å². The lowest BCUT2D eigenvalue weighted by Crippen LogP contribution is -2.35. The molecule has 1 rings (SSSR count). The Morgan fingerprint density at radius 1 is 1.32 bits per heavy atom. The van der Waals surface area contributed by atoms with E-state index in [0.29, 0.717) is 12.8 Å². The van der Waals surface area contributed by atoms with E-state index in [1.807, 2.05) is 39.0 Å². The lowest BCUT2D eigenvalue weighted by Gasteiger charge is -2.18. The normalized spacial score (nSPS) is 11.3. The highest BCUT2D eigenvalue weighted by atomic mass is 35.5. The Labute approximate surface area is 138 Å². The van der Waals surface area contributed by atoms with E-state index in [9.17, 15) is 9.59 Å². The third-order valence-electron chi connectivity index (χ3n) is 3.50. The molecule has 0 aliphatic carbocycles. The van der Waals surface area contributed by atoms with E-state index in [-0.39, 0.29) is 36.8 Å². The van der Waals surface area contributed by atoms with Crippen LogP contribution in [0, 0.1) is 13.8 Å². The van der Waals surface area contributed by atoms with E-state index >= 15 is 0 Å². The van der Waals surface area contributed by atoms with Crippen molar-refractivity contribution in [2.45, 2.75) is 39.7 Å². The molecule has 1 aromatic carbocycles. The molecule has 22 heavy (non-hydrogen) atoms. The van der Waals surface area contributed by atoms with Crippen LogP contribution >= 0.6 is 12.4 Å². The summed E-state index contributed by atoms with van der Waals surface area (Å²) in [6, 6.07) is 5.74. The van der Waals surface area contributed by atoms with Crippen LogP contribution in [0.4, 0.5) is 5.69 Å². The summed E-state index contributed by atoms with van der Waals surface area (Å²) in [6.07, 6.45) is 0.993. The first-order valence-electron chi connectivity index (χ1n) is 7.17. The molecule has 0 bridgehead atoms. The van der Waals surface area contributed by atoms with Crippen molar-refractivity contribution in [3.8, 4) is 0 Å². The van der Waals surface area contributed by atoms with Crippen LogP contribution in [0.2, 0.25) is 0 Å². The van der Waals surface area contributed by atoms with Crippen LogP contribution in [-0.2, 0) is 9.59 Å². The maximum absolute atomic E-state index is 12.0. The maximum Gasteiger partial charge on any atom is 0.243 e. The number of halogens is 1. The Morgan fingerprint density at radius 2 is 1.95 bits per heavy atom. The van der Waals surface area contributed by atoms with Gasteiger partial charge in [-0.25, -0.2) is 0 Å². The quantitative estimate of drug-likeness (QED) is 0.841. The highest BCUT2D eigenvalue weighted by molar-refractivity contribution is 5.95. The van der Waals surface area contributed by atoms with Gasteiger partial charge in [-0.2, -0.15) is 0 Å². The first-order valence-corrected chi connectivity index (χ1v) is 7.17. The summed E-state index contributed by atoms with van der Waals surface area (Å²) < 4.78 is 0. The fraction of sp³-hybridized carbons (Fsp3) is 0.500. The maximum atomic E-state index is 12.0. The summed E-state index contributed by atoms with van der Waals surface area (Å²) in [5.41, 5.74) is 8.57. The van der Waals surface area contributed by atoms with Gasteiger partial charge in [0, 0.05) is 25.2 Å². The standard InChI is InChI=1S/C16H25N3O2.ClH/c1-11-6-5-7-14(13(11)3)18-15(20)10-19(4)16(21)9-8-12(2)17;/h5-7,12H,8-10,17H2,1-4H3,(H,18,20);1H. The summed E-state index contributed by atoms with van der Waals surface area (Å²) in [4.78, 5) is 25.3. The number of anilines is 1. The predicted molar refractivity (Wildman–Crippen MR) is 92.3 cm³/mol. The zero-order chi connectivity index (χ0) is 16.0. The zero-order valence-electron chi connectivity index (χ0n) is 13.7. The highest BCUT2D eigenvalue weighted by Crippen LogP contribution is 2.17. The zero-order valence-corrected chi connectivity index (χ0v) is 14.5. The molecule has 1 atom stereocenters. The number of likely N-dealkylation sites (N-methyl/N-ethyl adjacent to an activating group) is 1. The summed E-state index contributed by atoms with van der Waals surface area (Å²) >= 11 is 0. The van der Waals surface area contributed by atoms with Crippen molar-refractivity contribution >= 4 is 29.9 Å². The number of hydrogen-bond acceptors (Lipinski definition) is 3. The minimum Gasteiger partial charge on any atom is -0.336 e. The van der Waals surface area contributed by atoms with Crippen LogP contribution in [0.15, 0.2) is 18.2 Å². The van der Waals surface area contributed by atoms with E-state index < -0.39 is 0 Å². The number of benzene rings is 1. The van der Waals surface area contributed by atoms with Gasteiger partial charge in [-0.05, 0) is 44.4 Å². The van der Waals surface area contributed by atoms with Crippen LogP contribution in [0.3, 0.4) is 0 Å². The van der Waals surface area contributed by atoms with Gasteiger partial charge in [0.05, 0.1) is 6.54 Å². The second kappa shape index (κ2) is 9.43. The lowest BCUT2D eigenvalue weighted by molar-refractivity contribution is -0.133. The molecule has 0 aromatic heterocycles. The Bertz CT molecular complexity index is 518. The molecule has 0 spiro atoms. The minimum absolute atomic E-state index is 0. The van der Waals surface area contributed by atoms with E-state index in [2.05, 4.69) is 5.32 Å². The number of aryl methyl sites for hydroxylation is 1. The number of carbonyl (C=O) groups excluding carboxylic acids is 2. The molecule has 1 unspecified atom stereocenters. The van der Waals surface area contributed by atoms with E-state index in [0.717, 1.165) is 16.8 Å². The molecule has 6 heteroatoms. The molecule has 2 amide bonds. The Kier molecular flexibility index (Phi) is 8.75. The van der Waals surface area contributed by atoms with Crippen molar-refractivity contribution in [2.75, 3.05) is 18.9 Å². The molecule has 0 aliphatic rings. The van der Waals surface area contributed by atoms with Gasteiger partial charge in [0.1, 0.15) is 0 Å². The fourth-order valence-corrected chi connectivity index (χ4v) is 1.92. The third kappa shape index (κ3) is 6.45. The number of nitrogens with one attached hydrogen (secondary N) is 1. The first kappa shape index (κ1) is 20.4. The van der Waals surface area contributed by atoms with Gasteiger partial charge in [-0.3, -0.25) is 9.59 Å². The number of nitrogens with zero attached hydrogens (tertiary/aromatic N) is 1. The van der Waals surface area contributed by atoms with Crippen molar-refractivity contribution in [3.05, 3.63) is 29.3 Å². The average molecular weight is 328 g/mol. The van der Waals surface area contributed by atoms with Crippen molar-refractivity contribution in [1.82, 2.24) is 4.90 Å². The second-order valence-corrected chi connectivity index (χ2v) is 5.56. The van der Waals surface area contributed by atoms with Gasteiger partial charge in [0.15, 0.2) is 0 Å². The summed E-state index contributed by atoms with van der Waals surface area (Å²) in [5.74, 6) is -0.260. The van der Waals surface area contributed by atoms with Gasteiger partial charge >= 0.3 is 0 Å². The second-order valence-electron chi connectivity index (χ2n) is 5.56. The van der Waals surface area contributed by atoms with Gasteiger partial charge in [0.25, 0.3) is 0 Å². The number of amides is 2. The van der Waals surface area contributed by atoms with E-state index in [1.54, 1.807) is 7.05 Å². The van der Waals surface area contributed by atoms with Gasteiger partial charge in [-0.1, -0.05) is 12.1 Å². The van der Waals surface area contributed by atoms with Crippen molar-refractivity contribution in [2.24, 2.45) is 5.73 Å². The van der Waals surface area contributed by atoms with Crippen LogP contribution in [0.5, 0.6) is 0 Å². The third-order valence-corrected chi connectivity index (χ3v) is 3.50. The SMILES string of the molecule is Cc1cccc(NC(=O)CN(C)C(=O)CCC(C)N)c1C.Cl. The van der Waals surface area contributed by atoms with Crippen LogP contribution in [0.1, 0.15) is 30.9 Å². The number of carbonyl (C=O) groups is 2. The topological polar surface area (TPSA) is 75.4 Å². The molecule has 0 saturated heterocycles. The number of nitrogens with two attached hydrogens (primary N) is 1. The van der Waals surface area contributed by atoms with Crippen LogP contribution in [-0.4, -0.2) is 36.3 Å². The molecule has 0 saturated carbocycles. The summed E-state index contributed by atoms with van der Waals surface area (Å²) in [5, 5.41) is 2.84. The minimum atomic E-state index is -0.194. The molecular formula is C16H26ClN3O2.